The SMILES string of the molecule is O=C(CN(c1nccs1)S(=O)(=O)c1ccccc1)NCc1ccc(F)cc1. The van der Waals surface area contributed by atoms with E-state index in [0.29, 0.717) is 5.56 Å². The van der Waals surface area contributed by atoms with Crippen LogP contribution in [0.3, 0.4) is 0 Å². The van der Waals surface area contributed by atoms with Gasteiger partial charge in [0.25, 0.3) is 10.0 Å². The summed E-state index contributed by atoms with van der Waals surface area (Å²) in [4.78, 5) is 16.5. The van der Waals surface area contributed by atoms with Crippen LogP contribution in [0, 0.1) is 5.82 Å². The molecule has 3 aromatic rings. The molecule has 27 heavy (non-hydrogen) atoms. The summed E-state index contributed by atoms with van der Waals surface area (Å²) in [5, 5.41) is 4.49. The standard InChI is InChI=1S/C18H16FN3O3S2/c19-15-8-6-14(7-9-15)12-21-17(23)13-22(18-20-10-11-26-18)27(24,25)16-4-2-1-3-5-16/h1-11H,12-13H2,(H,21,23). The Balaban J connectivity index is 1.76. The molecular weight excluding hydrogens is 389 g/mol. The van der Waals surface area contributed by atoms with Gasteiger partial charge in [0.15, 0.2) is 5.13 Å². The first-order chi connectivity index (χ1) is 13.0. The van der Waals surface area contributed by atoms with Crippen molar-refractivity contribution in [3.05, 3.63) is 77.6 Å². The van der Waals surface area contributed by atoms with Crippen LogP contribution in [0.2, 0.25) is 0 Å². The molecule has 2 aromatic carbocycles. The van der Waals surface area contributed by atoms with E-state index in [0.717, 1.165) is 15.6 Å². The van der Waals surface area contributed by atoms with Gasteiger partial charge < -0.3 is 5.32 Å². The molecule has 3 rings (SSSR count). The predicted molar refractivity (Wildman–Crippen MR) is 101 cm³/mol. The quantitative estimate of drug-likeness (QED) is 0.656. The van der Waals surface area contributed by atoms with Crippen molar-refractivity contribution in [2.45, 2.75) is 11.4 Å². The van der Waals surface area contributed by atoms with Gasteiger partial charge in [-0.2, -0.15) is 0 Å². The lowest BCUT2D eigenvalue weighted by atomic mass is 10.2. The van der Waals surface area contributed by atoms with Gasteiger partial charge in [-0.3, -0.25) is 4.79 Å². The lowest BCUT2D eigenvalue weighted by molar-refractivity contribution is -0.119. The Morgan fingerprint density at radius 1 is 1.11 bits per heavy atom. The van der Waals surface area contributed by atoms with Crippen molar-refractivity contribution in [1.82, 2.24) is 10.3 Å². The zero-order chi connectivity index (χ0) is 19.3. The van der Waals surface area contributed by atoms with Crippen LogP contribution in [-0.2, 0) is 21.4 Å². The molecule has 0 aliphatic carbocycles. The molecule has 0 fully saturated rings. The largest absolute Gasteiger partial charge is 0.350 e. The summed E-state index contributed by atoms with van der Waals surface area (Å²) in [5.74, 6) is -0.858. The number of carbonyl (C=O) groups is 1. The second-order valence-corrected chi connectivity index (χ2v) is 8.28. The van der Waals surface area contributed by atoms with Crippen molar-refractivity contribution < 1.29 is 17.6 Å². The normalized spacial score (nSPS) is 11.1. The highest BCUT2D eigenvalue weighted by Crippen LogP contribution is 2.25. The number of nitrogens with zero attached hydrogens (tertiary/aromatic N) is 2. The maximum Gasteiger partial charge on any atom is 0.266 e. The zero-order valence-corrected chi connectivity index (χ0v) is 15.7. The number of hydrogen-bond acceptors (Lipinski definition) is 5. The number of halogens is 1. The van der Waals surface area contributed by atoms with E-state index in [4.69, 9.17) is 0 Å². The number of amides is 1. The van der Waals surface area contributed by atoms with E-state index >= 15 is 0 Å². The second kappa shape index (κ2) is 8.28. The molecule has 0 saturated heterocycles. The maximum absolute atomic E-state index is 12.9. The van der Waals surface area contributed by atoms with Gasteiger partial charge in [-0.1, -0.05) is 30.3 Å². The lowest BCUT2D eigenvalue weighted by Gasteiger charge is -2.21. The molecule has 0 atom stereocenters. The number of aromatic nitrogens is 1. The minimum atomic E-state index is -3.94. The van der Waals surface area contributed by atoms with Gasteiger partial charge in [0.05, 0.1) is 4.90 Å². The van der Waals surface area contributed by atoms with Gasteiger partial charge in [-0.25, -0.2) is 22.1 Å². The van der Waals surface area contributed by atoms with Crippen LogP contribution in [0.4, 0.5) is 9.52 Å². The van der Waals surface area contributed by atoms with Gasteiger partial charge in [-0.15, -0.1) is 11.3 Å². The average Bonchev–Trinajstić information content (AvgIpc) is 3.20. The number of nitrogens with one attached hydrogen (secondary N) is 1. The summed E-state index contributed by atoms with van der Waals surface area (Å²) in [6.45, 7) is -0.248. The van der Waals surface area contributed by atoms with E-state index in [2.05, 4.69) is 10.3 Å². The van der Waals surface area contributed by atoms with Crippen molar-refractivity contribution in [3.8, 4) is 0 Å². The number of hydrogen-bond donors (Lipinski definition) is 1. The van der Waals surface area contributed by atoms with Crippen molar-refractivity contribution in [1.29, 1.82) is 0 Å². The van der Waals surface area contributed by atoms with Gasteiger partial charge in [0, 0.05) is 18.1 Å². The van der Waals surface area contributed by atoms with Gasteiger partial charge in [0.2, 0.25) is 5.91 Å². The second-order valence-electron chi connectivity index (χ2n) is 5.54. The Kier molecular flexibility index (Phi) is 5.82. The Bertz CT molecular complexity index is 992. The molecule has 0 bridgehead atoms. The molecule has 0 saturated carbocycles. The summed E-state index contributed by atoms with van der Waals surface area (Å²) in [6, 6.07) is 13.6. The van der Waals surface area contributed by atoms with Gasteiger partial charge in [-0.05, 0) is 29.8 Å². The van der Waals surface area contributed by atoms with E-state index < -0.39 is 22.5 Å². The molecule has 9 heteroatoms. The molecule has 6 nitrogen and oxygen atoms in total. The molecule has 0 aliphatic heterocycles. The van der Waals surface area contributed by atoms with Crippen LogP contribution < -0.4 is 9.62 Å². The minimum absolute atomic E-state index is 0.0755. The summed E-state index contributed by atoms with van der Waals surface area (Å²) in [7, 11) is -3.94. The molecule has 0 spiro atoms. The summed E-state index contributed by atoms with van der Waals surface area (Å²) in [6.07, 6.45) is 1.48. The highest BCUT2D eigenvalue weighted by molar-refractivity contribution is 7.93. The fourth-order valence-electron chi connectivity index (χ4n) is 2.30. The minimum Gasteiger partial charge on any atom is -0.350 e. The molecule has 1 heterocycles. The number of carbonyl (C=O) groups excluding carboxylic acids is 1. The highest BCUT2D eigenvalue weighted by Gasteiger charge is 2.28. The van der Waals surface area contributed by atoms with E-state index in [9.17, 15) is 17.6 Å². The first kappa shape index (κ1) is 19.0. The molecule has 140 valence electrons. The van der Waals surface area contributed by atoms with Crippen LogP contribution in [0.25, 0.3) is 0 Å². The number of benzene rings is 2. The molecule has 1 aromatic heterocycles. The number of thiazole rings is 1. The topological polar surface area (TPSA) is 79.4 Å². The Labute approximate surface area is 160 Å². The first-order valence-corrected chi connectivity index (χ1v) is 10.3. The first-order valence-electron chi connectivity index (χ1n) is 7.95. The van der Waals surface area contributed by atoms with E-state index in [-0.39, 0.29) is 22.4 Å². The highest BCUT2D eigenvalue weighted by atomic mass is 32.2. The number of rotatable bonds is 7. The molecule has 0 radical (unpaired) electrons. The smallest absolute Gasteiger partial charge is 0.266 e. The third-order valence-electron chi connectivity index (χ3n) is 3.65. The van der Waals surface area contributed by atoms with Crippen LogP contribution in [0.5, 0.6) is 0 Å². The van der Waals surface area contributed by atoms with Crippen LogP contribution in [-0.4, -0.2) is 25.9 Å². The number of sulfonamides is 1. The summed E-state index contributed by atoms with van der Waals surface area (Å²) >= 11 is 1.12. The van der Waals surface area contributed by atoms with Crippen molar-refractivity contribution >= 4 is 32.4 Å². The molecule has 0 aliphatic rings. The van der Waals surface area contributed by atoms with E-state index in [1.54, 1.807) is 35.7 Å². The predicted octanol–water partition coefficient (Wildman–Crippen LogP) is 2.79. The Hall–Kier alpha value is -2.78. The van der Waals surface area contributed by atoms with Crippen LogP contribution in [0.15, 0.2) is 71.1 Å². The van der Waals surface area contributed by atoms with Crippen molar-refractivity contribution in [3.63, 3.8) is 0 Å². The van der Waals surface area contributed by atoms with E-state index in [1.807, 2.05) is 0 Å². The molecule has 0 unspecified atom stereocenters. The fraction of sp³-hybridized carbons (Fsp3) is 0.111. The number of anilines is 1. The zero-order valence-electron chi connectivity index (χ0n) is 14.1. The third-order valence-corrected chi connectivity index (χ3v) is 6.31. The molecule has 1 N–H and O–H groups in total. The molecule has 1 amide bonds. The van der Waals surface area contributed by atoms with Crippen LogP contribution in [0.1, 0.15) is 5.56 Å². The lowest BCUT2D eigenvalue weighted by Crippen LogP contribution is -2.40. The average molecular weight is 405 g/mol. The monoisotopic (exact) mass is 405 g/mol. The summed E-state index contributed by atoms with van der Waals surface area (Å²) < 4.78 is 39.8. The summed E-state index contributed by atoms with van der Waals surface area (Å²) in [5.41, 5.74) is 0.705. The molecular formula is C18H16FN3O3S2. The Morgan fingerprint density at radius 2 is 1.81 bits per heavy atom. The van der Waals surface area contributed by atoms with Crippen molar-refractivity contribution in [2.24, 2.45) is 0 Å². The van der Waals surface area contributed by atoms with Gasteiger partial charge >= 0.3 is 0 Å². The maximum atomic E-state index is 12.9. The van der Waals surface area contributed by atoms with Crippen LogP contribution >= 0.6 is 11.3 Å². The van der Waals surface area contributed by atoms with Gasteiger partial charge in [0.1, 0.15) is 12.4 Å². The third kappa shape index (κ3) is 4.69. The fourth-order valence-corrected chi connectivity index (χ4v) is 4.57. The van der Waals surface area contributed by atoms with E-state index in [1.165, 1.54) is 30.5 Å². The Morgan fingerprint density at radius 3 is 2.44 bits per heavy atom. The van der Waals surface area contributed by atoms with Crippen molar-refractivity contribution in [2.75, 3.05) is 10.8 Å².